The van der Waals surface area contributed by atoms with Crippen molar-refractivity contribution in [1.82, 2.24) is 19.8 Å². The third kappa shape index (κ3) is 5.85. The van der Waals surface area contributed by atoms with Crippen LogP contribution in [0.3, 0.4) is 0 Å². The molecule has 0 bridgehead atoms. The van der Waals surface area contributed by atoms with Gasteiger partial charge < -0.3 is 10.1 Å². The van der Waals surface area contributed by atoms with Crippen LogP contribution in [-0.4, -0.2) is 49.7 Å². The van der Waals surface area contributed by atoms with E-state index in [1.54, 1.807) is 23.2 Å². The van der Waals surface area contributed by atoms with Crippen molar-refractivity contribution in [2.75, 3.05) is 31.6 Å². The lowest BCUT2D eigenvalue weighted by Gasteiger charge is -2.26. The van der Waals surface area contributed by atoms with E-state index < -0.39 is 21.8 Å². The molecule has 1 aliphatic rings. The van der Waals surface area contributed by atoms with E-state index in [1.807, 2.05) is 0 Å². The van der Waals surface area contributed by atoms with E-state index >= 15 is 0 Å². The number of nitrogens with one attached hydrogen (secondary N) is 2. The Morgan fingerprint density at radius 1 is 0.939 bits per heavy atom. The second-order valence-corrected chi connectivity index (χ2v) is 8.84. The van der Waals surface area contributed by atoms with Crippen LogP contribution in [0.2, 0.25) is 0 Å². The van der Waals surface area contributed by atoms with E-state index in [4.69, 9.17) is 4.74 Å². The lowest BCUT2D eigenvalue weighted by atomic mass is 10.1. The molecule has 1 aliphatic heterocycles. The highest BCUT2D eigenvalue weighted by Crippen LogP contribution is 2.30. The van der Waals surface area contributed by atoms with Crippen LogP contribution in [-0.2, 0) is 20.9 Å². The van der Waals surface area contributed by atoms with Gasteiger partial charge in [-0.3, -0.25) is 0 Å². The standard InChI is InChI=1S/C21H20F3N5O3S/c22-21(23,24)16-3-1-15(2-4-16)19-9-10-25-20(27-19)26-17-5-7-18(8-6-17)33(30,31)28-29-11-13-32-14-12-29/h1-10,28H,11-14H2,(H,25,26,27). The maximum atomic E-state index is 12.8. The second-order valence-electron chi connectivity index (χ2n) is 7.18. The molecule has 1 saturated heterocycles. The van der Waals surface area contributed by atoms with Crippen LogP contribution in [0.25, 0.3) is 11.3 Å². The van der Waals surface area contributed by atoms with Crippen LogP contribution >= 0.6 is 0 Å². The number of rotatable bonds is 6. The van der Waals surface area contributed by atoms with Crippen molar-refractivity contribution in [1.29, 1.82) is 0 Å². The first-order valence-electron chi connectivity index (χ1n) is 9.94. The number of alkyl halides is 3. The maximum Gasteiger partial charge on any atom is 0.416 e. The number of aromatic nitrogens is 2. The molecule has 2 heterocycles. The predicted octanol–water partition coefficient (Wildman–Crippen LogP) is 3.43. The third-order valence-electron chi connectivity index (χ3n) is 4.84. The zero-order chi connectivity index (χ0) is 23.5. The van der Waals surface area contributed by atoms with Crippen molar-refractivity contribution >= 4 is 21.7 Å². The van der Waals surface area contributed by atoms with Crippen molar-refractivity contribution in [2.24, 2.45) is 0 Å². The van der Waals surface area contributed by atoms with Crippen LogP contribution < -0.4 is 10.1 Å². The van der Waals surface area contributed by atoms with Gasteiger partial charge in [-0.05, 0) is 42.5 Å². The first-order chi connectivity index (χ1) is 15.7. The Bertz CT molecular complexity index is 1200. The van der Waals surface area contributed by atoms with E-state index in [2.05, 4.69) is 20.1 Å². The fourth-order valence-corrected chi connectivity index (χ4v) is 4.26. The Hall–Kier alpha value is -3.06. The third-order valence-corrected chi connectivity index (χ3v) is 6.24. The molecule has 0 aliphatic carbocycles. The van der Waals surface area contributed by atoms with E-state index in [-0.39, 0.29) is 10.8 Å². The SMILES string of the molecule is O=S(=O)(NN1CCOCC1)c1ccc(Nc2nccc(-c3ccc(C(F)(F)F)cc3)n2)cc1. The molecule has 1 aromatic heterocycles. The lowest BCUT2D eigenvalue weighted by Crippen LogP contribution is -2.48. The summed E-state index contributed by atoms with van der Waals surface area (Å²) in [6.45, 7) is 1.84. The number of ether oxygens (including phenoxy) is 1. The summed E-state index contributed by atoms with van der Waals surface area (Å²) in [5.74, 6) is 0.217. The summed E-state index contributed by atoms with van der Waals surface area (Å²) in [4.78, 5) is 11.1. The Labute approximate surface area is 188 Å². The highest BCUT2D eigenvalue weighted by molar-refractivity contribution is 7.89. The van der Waals surface area contributed by atoms with Gasteiger partial charge in [0.05, 0.1) is 29.4 Å². The fourth-order valence-electron chi connectivity index (χ4n) is 3.13. The van der Waals surface area contributed by atoms with Crippen molar-refractivity contribution in [3.05, 3.63) is 66.4 Å². The van der Waals surface area contributed by atoms with E-state index in [0.717, 1.165) is 12.1 Å². The molecule has 4 rings (SSSR count). The van der Waals surface area contributed by atoms with Crippen molar-refractivity contribution in [2.45, 2.75) is 11.1 Å². The molecule has 0 amide bonds. The maximum absolute atomic E-state index is 12.8. The van der Waals surface area contributed by atoms with E-state index in [0.29, 0.717) is 43.2 Å². The van der Waals surface area contributed by atoms with Crippen molar-refractivity contribution in [3.8, 4) is 11.3 Å². The quantitative estimate of drug-likeness (QED) is 0.559. The number of hydrogen-bond acceptors (Lipinski definition) is 7. The molecule has 2 N–H and O–H groups in total. The molecular formula is C21H20F3N5O3S. The normalized spacial score (nSPS) is 15.4. The predicted molar refractivity (Wildman–Crippen MR) is 115 cm³/mol. The van der Waals surface area contributed by atoms with Gasteiger partial charge in [0.15, 0.2) is 0 Å². The smallest absolute Gasteiger partial charge is 0.379 e. The van der Waals surface area contributed by atoms with Gasteiger partial charge in [0.2, 0.25) is 5.95 Å². The average molecular weight is 479 g/mol. The number of benzene rings is 2. The van der Waals surface area contributed by atoms with E-state index in [9.17, 15) is 21.6 Å². The van der Waals surface area contributed by atoms with Crippen molar-refractivity contribution < 1.29 is 26.3 Å². The van der Waals surface area contributed by atoms with Crippen LogP contribution in [0.15, 0.2) is 65.7 Å². The monoisotopic (exact) mass is 479 g/mol. The number of sulfonamides is 1. The first-order valence-corrected chi connectivity index (χ1v) is 11.4. The summed E-state index contributed by atoms with van der Waals surface area (Å²) in [5, 5.41) is 4.55. The largest absolute Gasteiger partial charge is 0.416 e. The van der Waals surface area contributed by atoms with Gasteiger partial charge in [-0.1, -0.05) is 12.1 Å². The zero-order valence-electron chi connectivity index (χ0n) is 17.2. The van der Waals surface area contributed by atoms with Gasteiger partial charge in [0, 0.05) is 30.5 Å². The Kier molecular flexibility index (Phi) is 6.61. The van der Waals surface area contributed by atoms with Gasteiger partial charge in [0.1, 0.15) is 0 Å². The van der Waals surface area contributed by atoms with Gasteiger partial charge in [-0.2, -0.15) is 13.2 Å². The minimum atomic E-state index is -4.41. The Morgan fingerprint density at radius 3 is 2.24 bits per heavy atom. The summed E-state index contributed by atoms with van der Waals surface area (Å²) in [6.07, 6.45) is -2.93. The molecule has 0 atom stereocenters. The molecular weight excluding hydrogens is 459 g/mol. The number of hydrazine groups is 1. The molecule has 12 heteroatoms. The minimum absolute atomic E-state index is 0.0963. The number of halogens is 3. The second kappa shape index (κ2) is 9.43. The summed E-state index contributed by atoms with van der Waals surface area (Å²) >= 11 is 0. The average Bonchev–Trinajstić information content (AvgIpc) is 2.80. The zero-order valence-corrected chi connectivity index (χ0v) is 18.0. The molecule has 8 nitrogen and oxygen atoms in total. The molecule has 0 saturated carbocycles. The van der Waals surface area contributed by atoms with Crippen molar-refractivity contribution in [3.63, 3.8) is 0 Å². The summed E-state index contributed by atoms with van der Waals surface area (Å²) in [7, 11) is -3.73. The van der Waals surface area contributed by atoms with Crippen LogP contribution in [0.4, 0.5) is 24.8 Å². The van der Waals surface area contributed by atoms with Gasteiger partial charge in [0.25, 0.3) is 10.0 Å². The van der Waals surface area contributed by atoms with E-state index in [1.165, 1.54) is 30.5 Å². The molecule has 0 spiro atoms. The first kappa shape index (κ1) is 23.1. The molecule has 33 heavy (non-hydrogen) atoms. The number of morpholine rings is 1. The fraction of sp³-hybridized carbons (Fsp3) is 0.238. The number of anilines is 2. The summed E-state index contributed by atoms with van der Waals surface area (Å²) < 4.78 is 68.6. The molecule has 0 radical (unpaired) electrons. The number of hydrogen-bond donors (Lipinski definition) is 2. The molecule has 3 aromatic rings. The Morgan fingerprint density at radius 2 is 1.61 bits per heavy atom. The molecule has 2 aromatic carbocycles. The van der Waals surface area contributed by atoms with Crippen LogP contribution in [0, 0.1) is 0 Å². The Balaban J connectivity index is 1.45. The van der Waals surface area contributed by atoms with Crippen LogP contribution in [0.5, 0.6) is 0 Å². The highest BCUT2D eigenvalue weighted by Gasteiger charge is 2.30. The summed E-state index contributed by atoms with van der Waals surface area (Å²) in [5.41, 5.74) is 0.751. The van der Waals surface area contributed by atoms with Gasteiger partial charge >= 0.3 is 6.18 Å². The molecule has 0 unspecified atom stereocenters. The van der Waals surface area contributed by atoms with Crippen LogP contribution in [0.1, 0.15) is 5.56 Å². The molecule has 1 fully saturated rings. The van der Waals surface area contributed by atoms with Gasteiger partial charge in [-0.25, -0.2) is 23.4 Å². The van der Waals surface area contributed by atoms with Gasteiger partial charge in [-0.15, -0.1) is 4.83 Å². The number of nitrogens with zero attached hydrogens (tertiary/aromatic N) is 3. The minimum Gasteiger partial charge on any atom is -0.379 e. The highest BCUT2D eigenvalue weighted by atomic mass is 32.2. The summed E-state index contributed by atoms with van der Waals surface area (Å²) in [6, 6.07) is 12.3. The lowest BCUT2D eigenvalue weighted by molar-refractivity contribution is -0.137. The molecule has 174 valence electrons. The topological polar surface area (TPSA) is 96.5 Å².